The van der Waals surface area contributed by atoms with Crippen molar-refractivity contribution in [1.82, 2.24) is 0 Å². The molecule has 1 aromatic carbocycles. The number of halogens is 1. The zero-order valence-corrected chi connectivity index (χ0v) is 9.69. The van der Waals surface area contributed by atoms with Gasteiger partial charge < -0.3 is 11.1 Å². The lowest BCUT2D eigenvalue weighted by molar-refractivity contribution is -0.113. The normalized spacial score (nSPS) is 12.1. The SMILES string of the molecule is CS(=O)CC(=O)Nc1cc(Cl)ccc1N. The average Bonchev–Trinajstić information content (AvgIpc) is 2.10. The molecule has 1 unspecified atom stereocenters. The van der Waals surface area contributed by atoms with Crippen LogP contribution in [0.2, 0.25) is 5.02 Å². The average molecular weight is 247 g/mol. The van der Waals surface area contributed by atoms with Crippen molar-refractivity contribution in [2.45, 2.75) is 0 Å². The van der Waals surface area contributed by atoms with Gasteiger partial charge in [0.2, 0.25) is 5.91 Å². The molecule has 0 saturated heterocycles. The third-order valence-corrected chi connectivity index (χ3v) is 2.53. The molecule has 6 heteroatoms. The lowest BCUT2D eigenvalue weighted by atomic mass is 10.2. The molecule has 0 aliphatic heterocycles. The first-order chi connectivity index (χ1) is 6.99. The van der Waals surface area contributed by atoms with E-state index in [1.807, 2.05) is 0 Å². The fourth-order valence-electron chi connectivity index (χ4n) is 1.01. The van der Waals surface area contributed by atoms with Gasteiger partial charge in [0.25, 0.3) is 0 Å². The van der Waals surface area contributed by atoms with Crippen molar-refractivity contribution in [3.63, 3.8) is 0 Å². The predicted octanol–water partition coefficient (Wildman–Crippen LogP) is 1.24. The number of amides is 1. The van der Waals surface area contributed by atoms with E-state index in [0.717, 1.165) is 0 Å². The molecule has 0 saturated carbocycles. The van der Waals surface area contributed by atoms with Crippen molar-refractivity contribution in [2.24, 2.45) is 0 Å². The fraction of sp³-hybridized carbons (Fsp3) is 0.222. The van der Waals surface area contributed by atoms with Crippen LogP contribution in [0.1, 0.15) is 0 Å². The van der Waals surface area contributed by atoms with Crippen molar-refractivity contribution < 1.29 is 9.00 Å². The lowest BCUT2D eigenvalue weighted by Crippen LogP contribution is -2.19. The van der Waals surface area contributed by atoms with Crippen LogP contribution in [0.4, 0.5) is 11.4 Å². The van der Waals surface area contributed by atoms with E-state index in [1.54, 1.807) is 18.2 Å². The number of nitrogen functional groups attached to an aromatic ring is 1. The summed E-state index contributed by atoms with van der Waals surface area (Å²) in [5.41, 5.74) is 6.49. The maximum Gasteiger partial charge on any atom is 0.237 e. The van der Waals surface area contributed by atoms with Crippen molar-refractivity contribution in [2.75, 3.05) is 23.1 Å². The molecule has 0 radical (unpaired) electrons. The number of benzene rings is 1. The number of hydrogen-bond acceptors (Lipinski definition) is 3. The molecule has 15 heavy (non-hydrogen) atoms. The number of hydrogen-bond donors (Lipinski definition) is 2. The van der Waals surface area contributed by atoms with Gasteiger partial charge in [0.05, 0.1) is 11.4 Å². The van der Waals surface area contributed by atoms with Gasteiger partial charge in [0.15, 0.2) is 0 Å². The zero-order chi connectivity index (χ0) is 11.4. The zero-order valence-electron chi connectivity index (χ0n) is 8.12. The molecular formula is C9H11ClN2O2S. The highest BCUT2D eigenvalue weighted by molar-refractivity contribution is 7.85. The van der Waals surface area contributed by atoms with E-state index >= 15 is 0 Å². The molecular weight excluding hydrogens is 236 g/mol. The Morgan fingerprint density at radius 3 is 2.87 bits per heavy atom. The Morgan fingerprint density at radius 1 is 1.60 bits per heavy atom. The first-order valence-electron chi connectivity index (χ1n) is 4.14. The largest absolute Gasteiger partial charge is 0.397 e. The third-order valence-electron chi connectivity index (χ3n) is 1.62. The van der Waals surface area contributed by atoms with E-state index in [2.05, 4.69) is 5.32 Å². The molecule has 1 amide bonds. The monoisotopic (exact) mass is 246 g/mol. The molecule has 1 aromatic rings. The van der Waals surface area contributed by atoms with Crippen LogP contribution in [0.25, 0.3) is 0 Å². The summed E-state index contributed by atoms with van der Waals surface area (Å²) < 4.78 is 10.8. The highest BCUT2D eigenvalue weighted by Gasteiger charge is 2.07. The van der Waals surface area contributed by atoms with Crippen molar-refractivity contribution in [1.29, 1.82) is 0 Å². The Morgan fingerprint density at radius 2 is 2.27 bits per heavy atom. The predicted molar refractivity (Wildman–Crippen MR) is 63.4 cm³/mol. The minimum atomic E-state index is -1.17. The summed E-state index contributed by atoms with van der Waals surface area (Å²) in [6, 6.07) is 4.78. The van der Waals surface area contributed by atoms with Crippen LogP contribution in [0.3, 0.4) is 0 Å². The Balaban J connectivity index is 2.76. The summed E-state index contributed by atoms with van der Waals surface area (Å²) in [6.07, 6.45) is 1.46. The summed E-state index contributed by atoms with van der Waals surface area (Å²) in [4.78, 5) is 11.3. The molecule has 0 aromatic heterocycles. The highest BCUT2D eigenvalue weighted by atomic mass is 35.5. The maximum atomic E-state index is 11.3. The van der Waals surface area contributed by atoms with Crippen molar-refractivity contribution in [3.05, 3.63) is 23.2 Å². The van der Waals surface area contributed by atoms with Gasteiger partial charge in [0.1, 0.15) is 5.75 Å². The Kier molecular flexibility index (Phi) is 4.11. The molecule has 82 valence electrons. The number of rotatable bonds is 3. The standard InChI is InChI=1S/C9H11ClN2O2S/c1-15(14)5-9(13)12-8-4-6(10)2-3-7(8)11/h2-4H,5,11H2,1H3,(H,12,13). The third kappa shape index (κ3) is 3.89. The van der Waals surface area contributed by atoms with Crippen LogP contribution in [0.5, 0.6) is 0 Å². The summed E-state index contributed by atoms with van der Waals surface area (Å²) in [5, 5.41) is 3.02. The Labute approximate surface area is 95.3 Å². The summed E-state index contributed by atoms with van der Waals surface area (Å²) in [7, 11) is -1.17. The van der Waals surface area contributed by atoms with Crippen LogP contribution in [-0.4, -0.2) is 22.1 Å². The van der Waals surface area contributed by atoms with Crippen LogP contribution >= 0.6 is 11.6 Å². The van der Waals surface area contributed by atoms with Gasteiger partial charge in [-0.3, -0.25) is 9.00 Å². The molecule has 1 atom stereocenters. The van der Waals surface area contributed by atoms with Gasteiger partial charge in [0, 0.05) is 22.1 Å². The fourth-order valence-corrected chi connectivity index (χ4v) is 1.62. The number of carbonyl (C=O) groups excluding carboxylic acids is 1. The minimum absolute atomic E-state index is 0.0496. The van der Waals surface area contributed by atoms with Crippen LogP contribution in [0, 0.1) is 0 Å². The molecule has 4 nitrogen and oxygen atoms in total. The van der Waals surface area contributed by atoms with Crippen LogP contribution in [-0.2, 0) is 15.6 Å². The molecule has 3 N–H and O–H groups in total. The number of nitrogens with one attached hydrogen (secondary N) is 1. The molecule has 0 spiro atoms. The second-order valence-corrected chi connectivity index (χ2v) is 4.87. The molecule has 0 aliphatic carbocycles. The number of nitrogens with two attached hydrogens (primary N) is 1. The molecule has 1 rings (SSSR count). The highest BCUT2D eigenvalue weighted by Crippen LogP contribution is 2.22. The van der Waals surface area contributed by atoms with Crippen molar-refractivity contribution >= 4 is 39.7 Å². The Hall–Kier alpha value is -1.07. The summed E-state index contributed by atoms with van der Waals surface area (Å²) in [5.74, 6) is -0.392. The van der Waals surface area contributed by atoms with Crippen LogP contribution < -0.4 is 11.1 Å². The molecule has 0 bridgehead atoms. The molecule has 0 heterocycles. The minimum Gasteiger partial charge on any atom is -0.397 e. The second-order valence-electron chi connectivity index (χ2n) is 3.00. The first kappa shape index (κ1) is 12.0. The van der Waals surface area contributed by atoms with Gasteiger partial charge in [-0.1, -0.05) is 11.6 Å². The molecule has 0 aliphatic rings. The van der Waals surface area contributed by atoms with E-state index in [-0.39, 0.29) is 11.7 Å². The number of carbonyl (C=O) groups is 1. The quantitative estimate of drug-likeness (QED) is 0.789. The molecule has 0 fully saturated rings. The summed E-state index contributed by atoms with van der Waals surface area (Å²) in [6.45, 7) is 0. The van der Waals surface area contributed by atoms with Crippen LogP contribution in [0.15, 0.2) is 18.2 Å². The van der Waals surface area contributed by atoms with Gasteiger partial charge in [-0.2, -0.15) is 0 Å². The van der Waals surface area contributed by atoms with Gasteiger partial charge in [-0.05, 0) is 18.2 Å². The van der Waals surface area contributed by atoms with E-state index in [4.69, 9.17) is 17.3 Å². The smallest absolute Gasteiger partial charge is 0.237 e. The lowest BCUT2D eigenvalue weighted by Gasteiger charge is -2.07. The summed E-state index contributed by atoms with van der Waals surface area (Å²) >= 11 is 5.74. The Bertz CT molecular complexity index is 409. The first-order valence-corrected chi connectivity index (χ1v) is 6.24. The van der Waals surface area contributed by atoms with E-state index in [0.29, 0.717) is 16.4 Å². The van der Waals surface area contributed by atoms with E-state index in [9.17, 15) is 9.00 Å². The van der Waals surface area contributed by atoms with E-state index < -0.39 is 10.8 Å². The van der Waals surface area contributed by atoms with Crippen molar-refractivity contribution in [3.8, 4) is 0 Å². The van der Waals surface area contributed by atoms with Gasteiger partial charge >= 0.3 is 0 Å². The number of anilines is 2. The maximum absolute atomic E-state index is 11.3. The van der Waals surface area contributed by atoms with Gasteiger partial charge in [-0.15, -0.1) is 0 Å². The topological polar surface area (TPSA) is 72.2 Å². The van der Waals surface area contributed by atoms with E-state index in [1.165, 1.54) is 6.26 Å². The second kappa shape index (κ2) is 5.14. The van der Waals surface area contributed by atoms with Gasteiger partial charge in [-0.25, -0.2) is 0 Å².